The average Bonchev–Trinajstić information content (AvgIpc) is 3.29. The second kappa shape index (κ2) is 8.75. The first-order valence-corrected chi connectivity index (χ1v) is 11.7. The first-order chi connectivity index (χ1) is 14.5. The molecule has 2 aromatic rings. The van der Waals surface area contributed by atoms with Gasteiger partial charge in [0.1, 0.15) is 0 Å². The molecule has 2 aliphatic rings. The van der Waals surface area contributed by atoms with Gasteiger partial charge < -0.3 is 15.0 Å². The minimum Gasteiger partial charge on any atom is -0.379 e. The van der Waals surface area contributed by atoms with Gasteiger partial charge in [-0.05, 0) is 49.6 Å². The van der Waals surface area contributed by atoms with Crippen LogP contribution in [0.4, 0.5) is 11.4 Å². The van der Waals surface area contributed by atoms with E-state index in [2.05, 4.69) is 10.2 Å². The molecule has 0 aromatic heterocycles. The molecule has 2 heterocycles. The van der Waals surface area contributed by atoms with E-state index < -0.39 is 10.0 Å². The number of nitrogens with zero attached hydrogens (tertiary/aromatic N) is 2. The summed E-state index contributed by atoms with van der Waals surface area (Å²) in [6, 6.07) is 12.4. The van der Waals surface area contributed by atoms with E-state index in [1.54, 1.807) is 18.2 Å². The lowest BCUT2D eigenvalue weighted by Gasteiger charge is -2.27. The summed E-state index contributed by atoms with van der Waals surface area (Å²) in [5, 5.41) is 2.97. The molecule has 1 N–H and O–H groups in total. The van der Waals surface area contributed by atoms with Crippen LogP contribution in [0.25, 0.3) is 0 Å². The first-order valence-electron chi connectivity index (χ1n) is 10.3. The fourth-order valence-corrected chi connectivity index (χ4v) is 5.40. The smallest absolute Gasteiger partial charge is 0.255 e. The topological polar surface area (TPSA) is 79.0 Å². The van der Waals surface area contributed by atoms with Gasteiger partial charge in [0.05, 0.1) is 29.5 Å². The normalized spacial score (nSPS) is 17.8. The molecule has 0 unspecified atom stereocenters. The number of rotatable bonds is 5. The van der Waals surface area contributed by atoms with Crippen LogP contribution >= 0.6 is 0 Å². The van der Waals surface area contributed by atoms with Crippen molar-refractivity contribution < 1.29 is 17.9 Å². The molecule has 2 aromatic carbocycles. The van der Waals surface area contributed by atoms with E-state index in [1.165, 1.54) is 4.31 Å². The summed E-state index contributed by atoms with van der Waals surface area (Å²) in [5.74, 6) is -0.241. The number of morpholine rings is 1. The highest BCUT2D eigenvalue weighted by Crippen LogP contribution is 2.33. The highest BCUT2D eigenvalue weighted by atomic mass is 32.2. The van der Waals surface area contributed by atoms with Crippen LogP contribution in [0.5, 0.6) is 0 Å². The minimum absolute atomic E-state index is 0.187. The van der Waals surface area contributed by atoms with Gasteiger partial charge in [0.15, 0.2) is 0 Å². The number of aryl methyl sites for hydroxylation is 1. The van der Waals surface area contributed by atoms with Gasteiger partial charge in [-0.1, -0.05) is 18.2 Å². The zero-order chi connectivity index (χ0) is 21.1. The summed E-state index contributed by atoms with van der Waals surface area (Å²) >= 11 is 0. The van der Waals surface area contributed by atoms with Crippen LogP contribution in [0.15, 0.2) is 47.4 Å². The lowest BCUT2D eigenvalue weighted by atomic mass is 10.1. The van der Waals surface area contributed by atoms with E-state index in [0.717, 1.165) is 37.2 Å². The fourth-order valence-electron chi connectivity index (χ4n) is 3.96. The van der Waals surface area contributed by atoms with E-state index in [-0.39, 0.29) is 10.8 Å². The van der Waals surface area contributed by atoms with Gasteiger partial charge in [-0.15, -0.1) is 0 Å². The summed E-state index contributed by atoms with van der Waals surface area (Å²) in [7, 11) is -3.65. The van der Waals surface area contributed by atoms with Gasteiger partial charge in [0.25, 0.3) is 5.91 Å². The molecule has 8 heteroatoms. The Morgan fingerprint density at radius 2 is 1.70 bits per heavy atom. The second-order valence-electron chi connectivity index (χ2n) is 7.66. The number of sulfonamides is 1. The highest BCUT2D eigenvalue weighted by Gasteiger charge is 2.28. The van der Waals surface area contributed by atoms with E-state index in [1.807, 2.05) is 31.2 Å². The Morgan fingerprint density at radius 3 is 2.40 bits per heavy atom. The third-order valence-corrected chi connectivity index (χ3v) is 7.56. The molecule has 2 fully saturated rings. The molecular formula is C22H27N3O4S. The maximum absolute atomic E-state index is 13.1. The van der Waals surface area contributed by atoms with Crippen molar-refractivity contribution in [2.45, 2.75) is 24.7 Å². The predicted molar refractivity (Wildman–Crippen MR) is 117 cm³/mol. The van der Waals surface area contributed by atoms with Gasteiger partial charge in [0.2, 0.25) is 10.0 Å². The lowest BCUT2D eigenvalue weighted by Crippen LogP contribution is -2.40. The van der Waals surface area contributed by atoms with Crippen LogP contribution in [-0.4, -0.2) is 58.0 Å². The average molecular weight is 430 g/mol. The molecule has 2 saturated heterocycles. The fraction of sp³-hybridized carbons (Fsp3) is 0.409. The van der Waals surface area contributed by atoms with E-state index in [4.69, 9.17) is 4.74 Å². The third-order valence-electron chi connectivity index (χ3n) is 5.66. The molecule has 0 radical (unpaired) electrons. The van der Waals surface area contributed by atoms with Crippen LogP contribution in [0.1, 0.15) is 28.8 Å². The number of amides is 1. The number of hydrogen-bond acceptors (Lipinski definition) is 5. The molecular weight excluding hydrogens is 402 g/mol. The number of carbonyl (C=O) groups is 1. The van der Waals surface area contributed by atoms with Crippen LogP contribution in [0, 0.1) is 6.92 Å². The summed E-state index contributed by atoms with van der Waals surface area (Å²) in [6.07, 6.45) is 2.16. The Balaban J connectivity index is 1.69. The Labute approximate surface area is 177 Å². The van der Waals surface area contributed by atoms with Crippen LogP contribution in [0.2, 0.25) is 0 Å². The maximum atomic E-state index is 13.1. The third kappa shape index (κ3) is 4.21. The van der Waals surface area contributed by atoms with Crippen molar-refractivity contribution in [3.05, 3.63) is 53.6 Å². The van der Waals surface area contributed by atoms with Crippen LogP contribution < -0.4 is 10.2 Å². The van der Waals surface area contributed by atoms with E-state index >= 15 is 0 Å². The summed E-state index contributed by atoms with van der Waals surface area (Å²) in [4.78, 5) is 15.3. The molecule has 0 atom stereocenters. The Hall–Kier alpha value is -2.42. The zero-order valence-electron chi connectivity index (χ0n) is 17.1. The van der Waals surface area contributed by atoms with Crippen molar-refractivity contribution in [3.63, 3.8) is 0 Å². The van der Waals surface area contributed by atoms with Gasteiger partial charge in [0, 0.05) is 31.7 Å². The van der Waals surface area contributed by atoms with Gasteiger partial charge in [-0.2, -0.15) is 4.31 Å². The predicted octanol–water partition coefficient (Wildman–Crippen LogP) is 2.87. The molecule has 0 aliphatic carbocycles. The molecule has 0 saturated carbocycles. The molecule has 7 nitrogen and oxygen atoms in total. The number of anilines is 2. The van der Waals surface area contributed by atoms with Crippen molar-refractivity contribution in [1.82, 2.24) is 4.31 Å². The Kier molecular flexibility index (Phi) is 6.08. The summed E-state index contributed by atoms with van der Waals surface area (Å²) in [5.41, 5.74) is 2.83. The number of nitrogens with one attached hydrogen (secondary N) is 1. The quantitative estimate of drug-likeness (QED) is 0.791. The van der Waals surface area contributed by atoms with Crippen molar-refractivity contribution in [1.29, 1.82) is 0 Å². The second-order valence-corrected chi connectivity index (χ2v) is 9.60. The lowest BCUT2D eigenvalue weighted by molar-refractivity contribution is 0.0730. The molecule has 30 heavy (non-hydrogen) atoms. The molecule has 2 aliphatic heterocycles. The number of ether oxygens (including phenoxy) is 1. The molecule has 0 bridgehead atoms. The maximum Gasteiger partial charge on any atom is 0.255 e. The standard InChI is InChI=1S/C22H27N3O4S/c1-17-6-2-3-7-19(17)22(26)23-20-16-18(8-9-21(20)24-10-4-5-11-24)30(27,28)25-12-14-29-15-13-25/h2-3,6-9,16H,4-5,10-15H2,1H3,(H,23,26). The Bertz CT molecular complexity index is 1030. The van der Waals surface area contributed by atoms with Crippen molar-refractivity contribution >= 4 is 27.3 Å². The van der Waals surface area contributed by atoms with Crippen LogP contribution in [-0.2, 0) is 14.8 Å². The van der Waals surface area contributed by atoms with Crippen molar-refractivity contribution in [2.75, 3.05) is 49.6 Å². The molecule has 0 spiro atoms. The monoisotopic (exact) mass is 429 g/mol. The summed E-state index contributed by atoms with van der Waals surface area (Å²) < 4.78 is 33.0. The number of carbonyl (C=O) groups excluding carboxylic acids is 1. The highest BCUT2D eigenvalue weighted by molar-refractivity contribution is 7.89. The van der Waals surface area contributed by atoms with E-state index in [9.17, 15) is 13.2 Å². The number of benzene rings is 2. The summed E-state index contributed by atoms with van der Waals surface area (Å²) in [6.45, 7) is 5.12. The van der Waals surface area contributed by atoms with Crippen molar-refractivity contribution in [2.24, 2.45) is 0 Å². The van der Waals surface area contributed by atoms with Gasteiger partial charge >= 0.3 is 0 Å². The SMILES string of the molecule is Cc1ccccc1C(=O)Nc1cc(S(=O)(=O)N2CCOCC2)ccc1N1CCCC1. The molecule has 1 amide bonds. The van der Waals surface area contributed by atoms with Crippen LogP contribution in [0.3, 0.4) is 0 Å². The minimum atomic E-state index is -3.65. The van der Waals surface area contributed by atoms with Gasteiger partial charge in [-0.3, -0.25) is 4.79 Å². The van der Waals surface area contributed by atoms with Gasteiger partial charge in [-0.25, -0.2) is 8.42 Å². The van der Waals surface area contributed by atoms with Crippen molar-refractivity contribution in [3.8, 4) is 0 Å². The number of hydrogen-bond donors (Lipinski definition) is 1. The zero-order valence-corrected chi connectivity index (χ0v) is 18.0. The largest absolute Gasteiger partial charge is 0.379 e. The Morgan fingerprint density at radius 1 is 1.00 bits per heavy atom. The molecule has 4 rings (SSSR count). The van der Waals surface area contributed by atoms with E-state index in [0.29, 0.717) is 37.6 Å². The molecule has 160 valence electrons. The first kappa shape index (κ1) is 20.8.